The molecule has 28 heavy (non-hydrogen) atoms. The zero-order chi connectivity index (χ0) is 21.5. The lowest BCUT2D eigenvalue weighted by atomic mass is 10.1. The largest absolute Gasteiger partial charge is 0.416 e. The Bertz CT molecular complexity index is 776. The van der Waals surface area contributed by atoms with E-state index in [9.17, 15) is 31.1 Å². The second-order valence-corrected chi connectivity index (χ2v) is 5.40. The Morgan fingerprint density at radius 1 is 1.04 bits per heavy atom. The lowest BCUT2D eigenvalue weighted by molar-refractivity contribution is -0.143. The predicted molar refractivity (Wildman–Crippen MR) is 90.7 cm³/mol. The summed E-state index contributed by atoms with van der Waals surface area (Å²) in [5, 5.41) is 11.3. The molecule has 0 atom stereocenters. The van der Waals surface area contributed by atoms with Gasteiger partial charge in [0, 0.05) is 25.0 Å². The van der Waals surface area contributed by atoms with Gasteiger partial charge in [-0.15, -0.1) is 13.2 Å². The zero-order valence-electron chi connectivity index (χ0n) is 14.4. The number of benzene rings is 1. The van der Waals surface area contributed by atoms with Crippen molar-refractivity contribution in [3.63, 3.8) is 0 Å². The minimum absolute atomic E-state index is 0.0266. The average molecular weight is 403 g/mol. The van der Waals surface area contributed by atoms with Crippen LogP contribution >= 0.6 is 0 Å². The SMILES string of the molecule is C=CCN(CC=C)C(=O)/C(C#N)=C\Nc1cc(C(F)(F)F)cc(C(F)(F)F)c1. The number of amides is 1. The second kappa shape index (κ2) is 9.12. The molecule has 1 aromatic carbocycles. The van der Waals surface area contributed by atoms with Crippen LogP contribution in [-0.4, -0.2) is 23.9 Å². The molecular weight excluding hydrogens is 388 g/mol. The van der Waals surface area contributed by atoms with Gasteiger partial charge < -0.3 is 10.2 Å². The average Bonchev–Trinajstić information content (AvgIpc) is 2.60. The number of carbonyl (C=O) groups excluding carboxylic acids is 1. The number of nitriles is 1. The van der Waals surface area contributed by atoms with E-state index in [1.807, 2.05) is 0 Å². The maximum absolute atomic E-state index is 12.9. The Morgan fingerprint density at radius 3 is 1.86 bits per heavy atom. The fraction of sp³-hybridized carbons (Fsp3) is 0.222. The van der Waals surface area contributed by atoms with E-state index in [1.165, 1.54) is 12.2 Å². The summed E-state index contributed by atoms with van der Waals surface area (Å²) in [7, 11) is 0. The first-order valence-electron chi connectivity index (χ1n) is 7.61. The summed E-state index contributed by atoms with van der Waals surface area (Å²) < 4.78 is 77.2. The molecule has 0 saturated heterocycles. The second-order valence-electron chi connectivity index (χ2n) is 5.40. The summed E-state index contributed by atoms with van der Waals surface area (Å²) in [4.78, 5) is 13.4. The molecule has 0 bridgehead atoms. The minimum atomic E-state index is -5.01. The van der Waals surface area contributed by atoms with Crippen LogP contribution in [0.5, 0.6) is 0 Å². The highest BCUT2D eigenvalue weighted by molar-refractivity contribution is 5.97. The van der Waals surface area contributed by atoms with Crippen molar-refractivity contribution in [2.75, 3.05) is 18.4 Å². The number of nitrogens with zero attached hydrogens (tertiary/aromatic N) is 2. The van der Waals surface area contributed by atoms with Crippen LogP contribution in [0.15, 0.2) is 55.3 Å². The fourth-order valence-corrected chi connectivity index (χ4v) is 2.06. The molecule has 1 rings (SSSR count). The molecule has 0 saturated carbocycles. The van der Waals surface area contributed by atoms with Crippen molar-refractivity contribution in [3.05, 3.63) is 66.4 Å². The summed E-state index contributed by atoms with van der Waals surface area (Å²) in [5.41, 5.74) is -4.15. The van der Waals surface area contributed by atoms with E-state index in [-0.39, 0.29) is 19.2 Å². The molecule has 0 aliphatic heterocycles. The van der Waals surface area contributed by atoms with E-state index in [0.717, 1.165) is 11.1 Å². The van der Waals surface area contributed by atoms with E-state index in [2.05, 4.69) is 18.5 Å². The van der Waals surface area contributed by atoms with Crippen LogP contribution in [0.25, 0.3) is 0 Å². The van der Waals surface area contributed by atoms with Crippen molar-refractivity contribution < 1.29 is 31.1 Å². The number of carbonyl (C=O) groups is 1. The predicted octanol–water partition coefficient (Wildman–Crippen LogP) is 4.74. The van der Waals surface area contributed by atoms with E-state index in [1.54, 1.807) is 6.07 Å². The van der Waals surface area contributed by atoms with Gasteiger partial charge in [0.15, 0.2) is 0 Å². The Kier molecular flexibility index (Phi) is 7.43. The summed E-state index contributed by atoms with van der Waals surface area (Å²) in [6, 6.07) is 2.41. The van der Waals surface area contributed by atoms with Gasteiger partial charge in [-0.1, -0.05) is 12.2 Å². The standard InChI is InChI=1S/C18H15F6N3O/c1-3-5-27(6-4-2)16(28)12(10-25)11-26-15-8-13(17(19,20)21)7-14(9-15)18(22,23)24/h3-4,7-9,11,26H,1-2,5-6H2/b12-11-. The molecule has 0 aliphatic carbocycles. The van der Waals surface area contributed by atoms with Gasteiger partial charge in [0.05, 0.1) is 11.1 Å². The van der Waals surface area contributed by atoms with E-state index >= 15 is 0 Å². The fourth-order valence-electron chi connectivity index (χ4n) is 2.06. The van der Waals surface area contributed by atoms with Crippen molar-refractivity contribution >= 4 is 11.6 Å². The third kappa shape index (κ3) is 6.19. The molecule has 1 aromatic rings. The zero-order valence-corrected chi connectivity index (χ0v) is 14.4. The van der Waals surface area contributed by atoms with Gasteiger partial charge in [-0.2, -0.15) is 31.6 Å². The number of halogens is 6. The van der Waals surface area contributed by atoms with Crippen LogP contribution in [0.3, 0.4) is 0 Å². The van der Waals surface area contributed by atoms with Crippen LogP contribution in [0, 0.1) is 11.3 Å². The molecule has 10 heteroatoms. The minimum Gasteiger partial charge on any atom is -0.360 e. The number of hydrogen-bond acceptors (Lipinski definition) is 3. The normalized spacial score (nSPS) is 12.1. The van der Waals surface area contributed by atoms with Gasteiger partial charge in [-0.05, 0) is 18.2 Å². The van der Waals surface area contributed by atoms with Gasteiger partial charge in [-0.3, -0.25) is 4.79 Å². The maximum atomic E-state index is 12.9. The summed E-state index contributed by atoms with van der Waals surface area (Å²) in [6.45, 7) is 7.02. The van der Waals surface area contributed by atoms with E-state index in [4.69, 9.17) is 5.26 Å². The Morgan fingerprint density at radius 2 is 1.50 bits per heavy atom. The summed E-state index contributed by atoms with van der Waals surface area (Å²) in [6.07, 6.45) is -6.52. The highest BCUT2D eigenvalue weighted by atomic mass is 19.4. The smallest absolute Gasteiger partial charge is 0.360 e. The monoisotopic (exact) mass is 403 g/mol. The molecule has 0 fully saturated rings. The first-order valence-corrected chi connectivity index (χ1v) is 7.61. The van der Waals surface area contributed by atoms with Crippen molar-refractivity contribution in [1.82, 2.24) is 4.90 Å². The lowest BCUT2D eigenvalue weighted by Gasteiger charge is -2.18. The number of rotatable bonds is 7. The van der Waals surface area contributed by atoms with Gasteiger partial charge >= 0.3 is 12.4 Å². The highest BCUT2D eigenvalue weighted by Crippen LogP contribution is 2.37. The van der Waals surface area contributed by atoms with Gasteiger partial charge in [0.2, 0.25) is 0 Å². The summed E-state index contributed by atoms with van der Waals surface area (Å²) >= 11 is 0. The Labute approximate surface area is 157 Å². The first-order chi connectivity index (χ1) is 12.9. The third-order valence-corrected chi connectivity index (χ3v) is 3.31. The molecule has 0 radical (unpaired) electrons. The number of anilines is 1. The maximum Gasteiger partial charge on any atom is 0.416 e. The summed E-state index contributed by atoms with van der Waals surface area (Å²) in [5.74, 6) is -0.794. The van der Waals surface area contributed by atoms with Crippen molar-refractivity contribution in [2.24, 2.45) is 0 Å². The van der Waals surface area contributed by atoms with Crippen LogP contribution < -0.4 is 5.32 Å². The number of nitrogens with one attached hydrogen (secondary N) is 1. The van der Waals surface area contributed by atoms with Crippen molar-refractivity contribution in [1.29, 1.82) is 5.26 Å². The molecular formula is C18H15F6N3O. The van der Waals surface area contributed by atoms with Gasteiger partial charge in [0.25, 0.3) is 5.91 Å². The molecule has 0 aliphatic rings. The third-order valence-electron chi connectivity index (χ3n) is 3.31. The van der Waals surface area contributed by atoms with Crippen molar-refractivity contribution in [3.8, 4) is 6.07 Å². The molecule has 150 valence electrons. The quantitative estimate of drug-likeness (QED) is 0.310. The molecule has 0 aromatic heterocycles. The molecule has 0 heterocycles. The molecule has 4 nitrogen and oxygen atoms in total. The van der Waals surface area contributed by atoms with Crippen LogP contribution in [-0.2, 0) is 17.1 Å². The Hall–Kier alpha value is -3.22. The van der Waals surface area contributed by atoms with Crippen molar-refractivity contribution in [2.45, 2.75) is 12.4 Å². The Balaban J connectivity index is 3.27. The molecule has 1 N–H and O–H groups in total. The number of alkyl halides is 6. The number of hydrogen-bond donors (Lipinski definition) is 1. The first kappa shape index (κ1) is 22.8. The van der Waals surface area contributed by atoms with Gasteiger partial charge in [-0.25, -0.2) is 0 Å². The van der Waals surface area contributed by atoms with Crippen LogP contribution in [0.1, 0.15) is 11.1 Å². The molecule has 0 unspecified atom stereocenters. The van der Waals surface area contributed by atoms with Crippen LogP contribution in [0.2, 0.25) is 0 Å². The van der Waals surface area contributed by atoms with E-state index in [0.29, 0.717) is 12.1 Å². The molecule has 0 spiro atoms. The van der Waals surface area contributed by atoms with Crippen LogP contribution in [0.4, 0.5) is 32.0 Å². The highest BCUT2D eigenvalue weighted by Gasteiger charge is 2.36. The van der Waals surface area contributed by atoms with E-state index < -0.39 is 40.6 Å². The lowest BCUT2D eigenvalue weighted by Crippen LogP contribution is -2.32. The molecule has 1 amide bonds. The van der Waals surface area contributed by atoms with Gasteiger partial charge in [0.1, 0.15) is 11.6 Å². The topological polar surface area (TPSA) is 56.1 Å².